The smallest absolute Gasteiger partial charge is 0.135 e. The Hall–Kier alpha value is -0.850. The molecule has 0 saturated carbocycles. The molecular weight excluding hydrogens is 378 g/mol. The molecule has 0 bridgehead atoms. The molecule has 124 valence electrons. The summed E-state index contributed by atoms with van der Waals surface area (Å²) in [6.07, 6.45) is 0. The van der Waals surface area contributed by atoms with E-state index < -0.39 is 0 Å². The van der Waals surface area contributed by atoms with E-state index >= 15 is 0 Å². The van der Waals surface area contributed by atoms with E-state index in [0.29, 0.717) is 5.02 Å². The monoisotopic (exact) mass is 397 g/mol. The van der Waals surface area contributed by atoms with Crippen LogP contribution < -0.4 is 10.6 Å². The molecule has 2 heterocycles. The number of nitrogens with zero attached hydrogens (tertiary/aromatic N) is 1. The van der Waals surface area contributed by atoms with Crippen LogP contribution in [0, 0.1) is 0 Å². The van der Waals surface area contributed by atoms with Gasteiger partial charge in [0.15, 0.2) is 0 Å². The van der Waals surface area contributed by atoms with Crippen molar-refractivity contribution in [2.24, 2.45) is 0 Å². The summed E-state index contributed by atoms with van der Waals surface area (Å²) in [6, 6.07) is 9.79. The molecule has 1 aliphatic heterocycles. The second kappa shape index (κ2) is 8.31. The fraction of sp³-hybridized carbons (Fsp3) is 0.412. The molecule has 0 aliphatic carbocycles. The van der Waals surface area contributed by atoms with Gasteiger partial charge in [-0.3, -0.25) is 4.90 Å². The van der Waals surface area contributed by atoms with E-state index in [4.69, 9.17) is 16.0 Å². The van der Waals surface area contributed by atoms with E-state index in [2.05, 4.69) is 31.5 Å². The highest BCUT2D eigenvalue weighted by molar-refractivity contribution is 9.10. The molecule has 0 amide bonds. The molecule has 1 aliphatic rings. The first-order valence-corrected chi connectivity index (χ1v) is 9.07. The quantitative estimate of drug-likeness (QED) is 0.732. The van der Waals surface area contributed by atoms with Crippen molar-refractivity contribution in [3.63, 3.8) is 0 Å². The molecule has 1 saturated heterocycles. The molecule has 1 fully saturated rings. The molecule has 2 aromatic rings. The van der Waals surface area contributed by atoms with Gasteiger partial charge in [0.1, 0.15) is 11.5 Å². The van der Waals surface area contributed by atoms with Crippen molar-refractivity contribution >= 4 is 27.5 Å². The third kappa shape index (κ3) is 4.81. The molecule has 23 heavy (non-hydrogen) atoms. The molecule has 1 aromatic heterocycles. The van der Waals surface area contributed by atoms with Gasteiger partial charge in [-0.2, -0.15) is 0 Å². The Balaban J connectivity index is 1.49. The maximum absolute atomic E-state index is 6.27. The summed E-state index contributed by atoms with van der Waals surface area (Å²) in [7, 11) is 0. The predicted molar refractivity (Wildman–Crippen MR) is 97.9 cm³/mol. The number of nitrogens with one attached hydrogen (secondary N) is 2. The van der Waals surface area contributed by atoms with Gasteiger partial charge in [0.25, 0.3) is 0 Å². The van der Waals surface area contributed by atoms with Crippen molar-refractivity contribution < 1.29 is 4.42 Å². The Bertz CT molecular complexity index is 641. The number of halogens is 2. The SMILES string of the molecule is Clc1cc(Br)ccc1-c1ccc(CNCCN2CCNCC2)o1. The van der Waals surface area contributed by atoms with Crippen LogP contribution in [0.15, 0.2) is 39.2 Å². The van der Waals surface area contributed by atoms with Crippen LogP contribution in [-0.2, 0) is 6.54 Å². The molecule has 0 atom stereocenters. The van der Waals surface area contributed by atoms with Gasteiger partial charge in [0.2, 0.25) is 0 Å². The summed E-state index contributed by atoms with van der Waals surface area (Å²) in [5.74, 6) is 1.74. The van der Waals surface area contributed by atoms with Gasteiger partial charge in [0.05, 0.1) is 11.6 Å². The zero-order chi connectivity index (χ0) is 16.1. The lowest BCUT2D eigenvalue weighted by atomic mass is 10.2. The molecule has 3 rings (SSSR count). The van der Waals surface area contributed by atoms with E-state index in [0.717, 1.165) is 67.4 Å². The molecule has 0 spiro atoms. The van der Waals surface area contributed by atoms with Crippen molar-refractivity contribution in [1.29, 1.82) is 0 Å². The number of hydrogen-bond acceptors (Lipinski definition) is 4. The molecule has 1 aromatic carbocycles. The number of piperazine rings is 1. The van der Waals surface area contributed by atoms with Crippen LogP contribution in [0.5, 0.6) is 0 Å². The Labute approximate surface area is 150 Å². The Morgan fingerprint density at radius 2 is 2.04 bits per heavy atom. The molecular formula is C17H21BrClN3O. The zero-order valence-electron chi connectivity index (χ0n) is 12.9. The van der Waals surface area contributed by atoms with Crippen LogP contribution in [-0.4, -0.2) is 44.2 Å². The molecule has 2 N–H and O–H groups in total. The van der Waals surface area contributed by atoms with E-state index in [1.54, 1.807) is 0 Å². The van der Waals surface area contributed by atoms with Gasteiger partial charge in [-0.1, -0.05) is 27.5 Å². The van der Waals surface area contributed by atoms with E-state index in [9.17, 15) is 0 Å². The minimum Gasteiger partial charge on any atom is -0.460 e. The van der Waals surface area contributed by atoms with Crippen LogP contribution in [0.3, 0.4) is 0 Å². The van der Waals surface area contributed by atoms with Crippen molar-refractivity contribution in [2.75, 3.05) is 39.3 Å². The van der Waals surface area contributed by atoms with Gasteiger partial charge in [0, 0.05) is 49.3 Å². The predicted octanol–water partition coefficient (Wildman–Crippen LogP) is 3.36. The number of benzene rings is 1. The second-order valence-electron chi connectivity index (χ2n) is 5.66. The third-order valence-corrected chi connectivity index (χ3v) is 4.78. The van der Waals surface area contributed by atoms with E-state index in [1.165, 1.54) is 0 Å². The summed E-state index contributed by atoms with van der Waals surface area (Å²) in [4.78, 5) is 2.47. The third-order valence-electron chi connectivity index (χ3n) is 3.97. The highest BCUT2D eigenvalue weighted by atomic mass is 79.9. The lowest BCUT2D eigenvalue weighted by Gasteiger charge is -2.27. The number of hydrogen-bond donors (Lipinski definition) is 2. The number of furan rings is 1. The lowest BCUT2D eigenvalue weighted by Crippen LogP contribution is -2.45. The average molecular weight is 399 g/mol. The molecule has 0 unspecified atom stereocenters. The molecule has 6 heteroatoms. The normalized spacial score (nSPS) is 15.9. The minimum atomic E-state index is 0.687. The Morgan fingerprint density at radius 1 is 1.22 bits per heavy atom. The highest BCUT2D eigenvalue weighted by Crippen LogP contribution is 2.31. The van der Waals surface area contributed by atoms with Crippen molar-refractivity contribution in [1.82, 2.24) is 15.5 Å². The highest BCUT2D eigenvalue weighted by Gasteiger charge is 2.10. The van der Waals surface area contributed by atoms with Crippen LogP contribution in [0.1, 0.15) is 5.76 Å². The minimum absolute atomic E-state index is 0.687. The fourth-order valence-corrected chi connectivity index (χ4v) is 3.46. The Morgan fingerprint density at radius 3 is 2.83 bits per heavy atom. The standard InChI is InChI=1S/C17H21BrClN3O/c18-13-1-3-15(16(19)11-13)17-4-2-14(23-17)12-21-7-10-22-8-5-20-6-9-22/h1-4,11,20-21H,5-10,12H2. The fourth-order valence-electron chi connectivity index (χ4n) is 2.69. The lowest BCUT2D eigenvalue weighted by molar-refractivity contribution is 0.240. The first-order chi connectivity index (χ1) is 11.2. The van der Waals surface area contributed by atoms with Gasteiger partial charge >= 0.3 is 0 Å². The summed E-state index contributed by atoms with van der Waals surface area (Å²) < 4.78 is 6.86. The van der Waals surface area contributed by atoms with Gasteiger partial charge < -0.3 is 15.1 Å². The van der Waals surface area contributed by atoms with E-state index in [1.807, 2.05) is 30.3 Å². The summed E-state index contributed by atoms with van der Waals surface area (Å²) >= 11 is 9.69. The summed E-state index contributed by atoms with van der Waals surface area (Å²) in [6.45, 7) is 7.23. The molecule has 0 radical (unpaired) electrons. The Kier molecular flexibility index (Phi) is 6.14. The second-order valence-corrected chi connectivity index (χ2v) is 6.98. The average Bonchev–Trinajstić information content (AvgIpc) is 3.01. The largest absolute Gasteiger partial charge is 0.460 e. The maximum Gasteiger partial charge on any atom is 0.135 e. The van der Waals surface area contributed by atoms with Crippen LogP contribution in [0.25, 0.3) is 11.3 Å². The van der Waals surface area contributed by atoms with Crippen molar-refractivity contribution in [2.45, 2.75) is 6.54 Å². The first kappa shape index (κ1) is 17.0. The molecule has 4 nitrogen and oxygen atoms in total. The van der Waals surface area contributed by atoms with Crippen LogP contribution in [0.4, 0.5) is 0 Å². The summed E-state index contributed by atoms with van der Waals surface area (Å²) in [5.41, 5.74) is 0.918. The van der Waals surface area contributed by atoms with Gasteiger partial charge in [-0.05, 0) is 30.3 Å². The maximum atomic E-state index is 6.27. The number of rotatable bonds is 6. The van der Waals surface area contributed by atoms with E-state index in [-0.39, 0.29) is 0 Å². The van der Waals surface area contributed by atoms with Crippen LogP contribution in [0.2, 0.25) is 5.02 Å². The zero-order valence-corrected chi connectivity index (χ0v) is 15.3. The first-order valence-electron chi connectivity index (χ1n) is 7.90. The van der Waals surface area contributed by atoms with Crippen molar-refractivity contribution in [3.8, 4) is 11.3 Å². The van der Waals surface area contributed by atoms with Gasteiger partial charge in [-0.25, -0.2) is 0 Å². The summed E-state index contributed by atoms with van der Waals surface area (Å²) in [5, 5.41) is 7.49. The van der Waals surface area contributed by atoms with Crippen molar-refractivity contribution in [3.05, 3.63) is 45.6 Å². The van der Waals surface area contributed by atoms with Gasteiger partial charge in [-0.15, -0.1) is 0 Å². The van der Waals surface area contributed by atoms with Crippen LogP contribution >= 0.6 is 27.5 Å². The topological polar surface area (TPSA) is 40.4 Å².